The summed E-state index contributed by atoms with van der Waals surface area (Å²) in [5.41, 5.74) is 6.58. The molecule has 0 fully saturated rings. The molecule has 0 N–H and O–H groups in total. The van der Waals surface area contributed by atoms with E-state index in [1.54, 1.807) is 71.1 Å². The van der Waals surface area contributed by atoms with E-state index in [9.17, 15) is 9.59 Å². The Labute approximate surface area is 420 Å². The Hall–Kier alpha value is -6.52. The Morgan fingerprint density at radius 3 is 1.73 bits per heavy atom. The highest BCUT2D eigenvalue weighted by Gasteiger charge is 2.40. The van der Waals surface area contributed by atoms with E-state index in [-0.39, 0.29) is 25.2 Å². The largest absolute Gasteiger partial charge is 0.493 e. The van der Waals surface area contributed by atoms with Gasteiger partial charge in [0.15, 0.2) is 46.0 Å². The second-order valence-electron chi connectivity index (χ2n) is 17.8. The predicted molar refractivity (Wildman–Crippen MR) is 271 cm³/mol. The molecule has 0 bridgehead atoms. The third kappa shape index (κ3) is 13.9. The van der Waals surface area contributed by atoms with Gasteiger partial charge < -0.3 is 66.2 Å². The summed E-state index contributed by atoms with van der Waals surface area (Å²) in [5.74, 6) is 4.94. The molecule has 0 amide bonds. The number of ether oxygens (including phenoxy) is 12. The van der Waals surface area contributed by atoms with Crippen molar-refractivity contribution in [2.45, 2.75) is 57.4 Å². The molecule has 0 aromatic heterocycles. The summed E-state index contributed by atoms with van der Waals surface area (Å²) in [5, 5.41) is 0. The topological polar surface area (TPSA) is 148 Å². The van der Waals surface area contributed by atoms with Gasteiger partial charge in [-0.25, -0.2) is 9.59 Å². The Kier molecular flexibility index (Phi) is 20.8. The fraction of sp³-hybridized carbons (Fsp3) is 0.491. The van der Waals surface area contributed by atoms with E-state index in [1.807, 2.05) is 37.4 Å². The van der Waals surface area contributed by atoms with Crippen LogP contribution in [0, 0.1) is 0 Å². The van der Waals surface area contributed by atoms with Gasteiger partial charge in [-0.05, 0) is 96.9 Å². The SMILES string of the molecule is COc1ccc(CC2c3cc(OC)c(OC)cc3CC[N+]2(C)CCCOC(=O)/C=C\C(=O)OCCCN(C)CCc2cc(OC)c(OC)c(OC)c2C(C)Cc2cc(OC)c(OC)c(OC)c2)cc1OC. The molecule has 1 heterocycles. The van der Waals surface area contributed by atoms with Gasteiger partial charge in [0.05, 0.1) is 104 Å². The van der Waals surface area contributed by atoms with Crippen molar-refractivity contribution in [2.24, 2.45) is 0 Å². The number of methoxy groups -OCH3 is 10. The van der Waals surface area contributed by atoms with Gasteiger partial charge in [-0.1, -0.05) is 13.0 Å². The minimum atomic E-state index is -0.608. The summed E-state index contributed by atoms with van der Waals surface area (Å²) in [7, 11) is 20.5. The molecular weight excluding hydrogens is 913 g/mol. The van der Waals surface area contributed by atoms with Crippen molar-refractivity contribution in [1.29, 1.82) is 0 Å². The molecule has 0 saturated heterocycles. The normalized spacial score (nSPS) is 15.6. The fourth-order valence-electron chi connectivity index (χ4n) is 9.61. The predicted octanol–water partition coefficient (Wildman–Crippen LogP) is 8.00. The van der Waals surface area contributed by atoms with Crippen molar-refractivity contribution < 1.29 is 70.9 Å². The first-order valence-corrected chi connectivity index (χ1v) is 23.9. The molecule has 4 aromatic carbocycles. The van der Waals surface area contributed by atoms with E-state index in [2.05, 4.69) is 37.1 Å². The van der Waals surface area contributed by atoms with Crippen LogP contribution in [0.3, 0.4) is 0 Å². The molecule has 3 atom stereocenters. The average molecular weight is 988 g/mol. The van der Waals surface area contributed by atoms with Crippen LogP contribution < -0.4 is 47.4 Å². The van der Waals surface area contributed by atoms with E-state index in [1.165, 1.54) is 11.1 Å². The van der Waals surface area contributed by atoms with E-state index in [0.717, 1.165) is 64.8 Å². The maximum absolute atomic E-state index is 12.7. The maximum atomic E-state index is 12.7. The van der Waals surface area contributed by atoms with Crippen LogP contribution in [0.15, 0.2) is 60.7 Å². The Bertz CT molecular complexity index is 2410. The van der Waals surface area contributed by atoms with Crippen molar-refractivity contribution in [1.82, 2.24) is 4.90 Å². The monoisotopic (exact) mass is 988 g/mol. The summed E-state index contributed by atoms with van der Waals surface area (Å²) < 4.78 is 68.6. The number of benzene rings is 4. The van der Waals surface area contributed by atoms with E-state index in [4.69, 9.17) is 56.8 Å². The van der Waals surface area contributed by atoms with Crippen LogP contribution in [0.2, 0.25) is 0 Å². The second kappa shape index (κ2) is 26.6. The van der Waals surface area contributed by atoms with Crippen LogP contribution in [0.1, 0.15) is 65.1 Å². The lowest BCUT2D eigenvalue weighted by Gasteiger charge is -2.46. The van der Waals surface area contributed by atoms with Crippen molar-refractivity contribution in [3.63, 3.8) is 0 Å². The van der Waals surface area contributed by atoms with Gasteiger partial charge in [0.25, 0.3) is 0 Å². The Balaban J connectivity index is 1.12. The molecule has 0 radical (unpaired) electrons. The van der Waals surface area contributed by atoms with Crippen LogP contribution in [0.4, 0.5) is 0 Å². The van der Waals surface area contributed by atoms with Crippen molar-refractivity contribution in [3.8, 4) is 57.5 Å². The van der Waals surface area contributed by atoms with Crippen molar-refractivity contribution in [2.75, 3.05) is 125 Å². The molecule has 16 heteroatoms. The lowest BCUT2D eigenvalue weighted by atomic mass is 9.86. The quantitative estimate of drug-likeness (QED) is 0.0234. The maximum Gasteiger partial charge on any atom is 0.331 e. The third-order valence-electron chi connectivity index (χ3n) is 13.3. The number of nitrogens with zero attached hydrogens (tertiary/aromatic N) is 2. The first-order chi connectivity index (χ1) is 34.2. The molecule has 0 spiro atoms. The first-order valence-electron chi connectivity index (χ1n) is 23.9. The van der Waals surface area contributed by atoms with Gasteiger partial charge in [0, 0.05) is 55.6 Å². The van der Waals surface area contributed by atoms with E-state index in [0.29, 0.717) is 96.3 Å². The highest BCUT2D eigenvalue weighted by Crippen LogP contribution is 2.47. The van der Waals surface area contributed by atoms with Gasteiger partial charge in [-0.2, -0.15) is 0 Å². The summed E-state index contributed by atoms with van der Waals surface area (Å²) in [4.78, 5) is 27.5. The minimum absolute atomic E-state index is 0.00761. The first kappa shape index (κ1) is 55.4. The van der Waals surface area contributed by atoms with Crippen molar-refractivity contribution >= 4 is 11.9 Å². The number of quaternary nitrogens is 1. The number of fused-ring (bicyclic) bond motifs is 1. The van der Waals surface area contributed by atoms with E-state index < -0.39 is 11.9 Å². The minimum Gasteiger partial charge on any atom is -0.493 e. The number of rotatable bonds is 28. The van der Waals surface area contributed by atoms with E-state index >= 15 is 0 Å². The molecule has 0 saturated carbocycles. The number of carbonyl (C=O) groups excluding carboxylic acids is 2. The molecular formula is C55H75N2O14+. The number of hydrogen-bond donors (Lipinski definition) is 0. The Morgan fingerprint density at radius 2 is 1.15 bits per heavy atom. The number of likely N-dealkylation sites (N-methyl/N-ethyl adjacent to an activating group) is 2. The van der Waals surface area contributed by atoms with Crippen LogP contribution in [0.25, 0.3) is 0 Å². The smallest absolute Gasteiger partial charge is 0.331 e. The zero-order valence-corrected chi connectivity index (χ0v) is 44.0. The molecule has 3 unspecified atom stereocenters. The molecule has 0 aliphatic carbocycles. The van der Waals surface area contributed by atoms with Crippen LogP contribution in [-0.4, -0.2) is 146 Å². The molecule has 16 nitrogen and oxygen atoms in total. The number of hydrogen-bond acceptors (Lipinski definition) is 15. The lowest BCUT2D eigenvalue weighted by molar-refractivity contribution is -0.941. The lowest BCUT2D eigenvalue weighted by Crippen LogP contribution is -2.52. The van der Waals surface area contributed by atoms with Crippen LogP contribution >= 0.6 is 0 Å². The molecule has 71 heavy (non-hydrogen) atoms. The number of esters is 2. The molecule has 4 aromatic rings. The summed E-state index contributed by atoms with van der Waals surface area (Å²) >= 11 is 0. The molecule has 1 aliphatic rings. The zero-order valence-electron chi connectivity index (χ0n) is 44.0. The highest BCUT2D eigenvalue weighted by atomic mass is 16.6. The number of carbonyl (C=O) groups is 2. The van der Waals surface area contributed by atoms with Gasteiger partial charge in [-0.15, -0.1) is 0 Å². The van der Waals surface area contributed by atoms with Crippen LogP contribution in [0.5, 0.6) is 57.5 Å². The molecule has 388 valence electrons. The van der Waals surface area contributed by atoms with Gasteiger partial charge in [0.2, 0.25) is 11.5 Å². The molecule has 5 rings (SSSR count). The van der Waals surface area contributed by atoms with Gasteiger partial charge in [0.1, 0.15) is 6.04 Å². The zero-order chi connectivity index (χ0) is 51.7. The van der Waals surface area contributed by atoms with Gasteiger partial charge in [-0.3, -0.25) is 0 Å². The highest BCUT2D eigenvalue weighted by molar-refractivity contribution is 5.91. The summed E-state index contributed by atoms with van der Waals surface area (Å²) in [6, 6.07) is 16.2. The summed E-state index contributed by atoms with van der Waals surface area (Å²) in [6.07, 6.45) is 6.37. The third-order valence-corrected chi connectivity index (χ3v) is 13.3. The van der Waals surface area contributed by atoms with Crippen molar-refractivity contribution in [3.05, 3.63) is 94.1 Å². The average Bonchev–Trinajstić information content (AvgIpc) is 3.39. The molecule has 1 aliphatic heterocycles. The van der Waals surface area contributed by atoms with Crippen LogP contribution in [-0.2, 0) is 44.7 Å². The second-order valence-corrected chi connectivity index (χ2v) is 17.8. The standard InChI is InChI=1S/C55H75N2O14/c1-36(28-38-31-47(64-8)53(67-11)48(32-38)65-9)52-40(34-49(66-10)54(68-12)55(52)69-13)20-23-56(2)22-14-26-70-50(58)18-19-51(59)71-27-15-24-57(3)25-21-39-33-45(62-6)46(63-7)35-41(39)42(57)29-37-16-17-43(60-4)44(30-37)61-5/h16-19,30-36,42H,14-15,20-29H2,1-13H3/q+1/b19-18-. The summed E-state index contributed by atoms with van der Waals surface area (Å²) in [6.45, 7) is 5.53. The Morgan fingerprint density at radius 1 is 0.620 bits per heavy atom. The van der Waals surface area contributed by atoms with Gasteiger partial charge >= 0.3 is 11.9 Å². The fourth-order valence-corrected chi connectivity index (χ4v) is 9.61.